The van der Waals surface area contributed by atoms with Crippen LogP contribution in [0, 0.1) is 5.41 Å². The maximum absolute atomic E-state index is 12.4. The monoisotopic (exact) mass is 294 g/mol. The quantitative estimate of drug-likeness (QED) is 0.630. The number of hydrogen-bond donors (Lipinski definition) is 0. The standard InChI is InChI=1S/C16H19ClO3/c1-2-20-15(19)16(10-4-3-5-14(16)18)11-12-6-8-13(17)9-7-12/h6-9H,2-5,10-11H2,1H3. The highest BCUT2D eigenvalue weighted by Gasteiger charge is 2.47. The van der Waals surface area contributed by atoms with Crippen molar-refractivity contribution in [3.05, 3.63) is 34.9 Å². The molecule has 1 saturated carbocycles. The lowest BCUT2D eigenvalue weighted by molar-refractivity contribution is -0.162. The summed E-state index contributed by atoms with van der Waals surface area (Å²) in [5.74, 6) is -0.364. The Hall–Kier alpha value is -1.35. The van der Waals surface area contributed by atoms with Crippen molar-refractivity contribution in [3.8, 4) is 0 Å². The van der Waals surface area contributed by atoms with Crippen LogP contribution in [0.3, 0.4) is 0 Å². The molecule has 0 spiro atoms. The topological polar surface area (TPSA) is 43.4 Å². The number of hydrogen-bond acceptors (Lipinski definition) is 3. The van der Waals surface area contributed by atoms with Crippen molar-refractivity contribution in [3.63, 3.8) is 0 Å². The van der Waals surface area contributed by atoms with Gasteiger partial charge in [0.1, 0.15) is 5.41 Å². The van der Waals surface area contributed by atoms with E-state index >= 15 is 0 Å². The smallest absolute Gasteiger partial charge is 0.319 e. The fourth-order valence-electron chi connectivity index (χ4n) is 2.79. The fraction of sp³-hybridized carbons (Fsp3) is 0.500. The van der Waals surface area contributed by atoms with Gasteiger partial charge in [-0.15, -0.1) is 0 Å². The summed E-state index contributed by atoms with van der Waals surface area (Å²) in [5.41, 5.74) is -0.0556. The molecule has 0 saturated heterocycles. The van der Waals surface area contributed by atoms with Crippen molar-refractivity contribution in [1.82, 2.24) is 0 Å². The van der Waals surface area contributed by atoms with Crippen molar-refractivity contribution < 1.29 is 14.3 Å². The van der Waals surface area contributed by atoms with Gasteiger partial charge in [-0.25, -0.2) is 0 Å². The molecule has 1 atom stereocenters. The molecule has 0 aliphatic heterocycles. The first kappa shape index (κ1) is 15.0. The van der Waals surface area contributed by atoms with Gasteiger partial charge in [-0.1, -0.05) is 30.2 Å². The second kappa shape index (κ2) is 6.40. The van der Waals surface area contributed by atoms with Gasteiger partial charge in [-0.2, -0.15) is 0 Å². The predicted octanol–water partition coefficient (Wildman–Crippen LogP) is 3.58. The summed E-state index contributed by atoms with van der Waals surface area (Å²) >= 11 is 5.87. The molecule has 0 aromatic heterocycles. The Morgan fingerprint density at radius 2 is 2.00 bits per heavy atom. The van der Waals surface area contributed by atoms with Gasteiger partial charge < -0.3 is 4.74 Å². The minimum atomic E-state index is -0.998. The Morgan fingerprint density at radius 1 is 1.30 bits per heavy atom. The number of benzene rings is 1. The number of ether oxygens (including phenoxy) is 1. The van der Waals surface area contributed by atoms with E-state index < -0.39 is 5.41 Å². The van der Waals surface area contributed by atoms with Crippen LogP contribution in [0.15, 0.2) is 24.3 Å². The fourth-order valence-corrected chi connectivity index (χ4v) is 2.91. The van der Waals surface area contributed by atoms with E-state index in [0.29, 0.717) is 30.9 Å². The van der Waals surface area contributed by atoms with Gasteiger partial charge in [-0.3, -0.25) is 9.59 Å². The van der Waals surface area contributed by atoms with E-state index in [1.165, 1.54) is 0 Å². The number of Topliss-reactive ketones (excluding diaryl/α,β-unsaturated/α-hetero) is 1. The van der Waals surface area contributed by atoms with E-state index in [2.05, 4.69) is 0 Å². The minimum Gasteiger partial charge on any atom is -0.465 e. The zero-order valence-corrected chi connectivity index (χ0v) is 12.4. The van der Waals surface area contributed by atoms with Crippen molar-refractivity contribution in [2.45, 2.75) is 39.0 Å². The molecule has 2 rings (SSSR count). The van der Waals surface area contributed by atoms with Crippen LogP contribution in [0.1, 0.15) is 38.2 Å². The Bertz CT molecular complexity index is 495. The van der Waals surface area contributed by atoms with Crippen LogP contribution >= 0.6 is 11.6 Å². The largest absolute Gasteiger partial charge is 0.465 e. The molecule has 0 bridgehead atoms. The number of carbonyl (C=O) groups is 2. The van der Waals surface area contributed by atoms with Crippen molar-refractivity contribution in [1.29, 1.82) is 0 Å². The summed E-state index contributed by atoms with van der Waals surface area (Å²) in [4.78, 5) is 24.7. The molecule has 1 aromatic carbocycles. The molecule has 0 amide bonds. The highest BCUT2D eigenvalue weighted by Crippen LogP contribution is 2.38. The predicted molar refractivity (Wildman–Crippen MR) is 77.7 cm³/mol. The zero-order valence-electron chi connectivity index (χ0n) is 11.7. The van der Waals surface area contributed by atoms with Crippen molar-refractivity contribution in [2.24, 2.45) is 5.41 Å². The van der Waals surface area contributed by atoms with Crippen LogP contribution in [0.25, 0.3) is 0 Å². The second-order valence-corrected chi connectivity index (χ2v) is 5.67. The van der Waals surface area contributed by atoms with Crippen LogP contribution < -0.4 is 0 Å². The average molecular weight is 295 g/mol. The second-order valence-electron chi connectivity index (χ2n) is 5.24. The highest BCUT2D eigenvalue weighted by atomic mass is 35.5. The van der Waals surface area contributed by atoms with Gasteiger partial charge in [0.15, 0.2) is 5.78 Å². The highest BCUT2D eigenvalue weighted by molar-refractivity contribution is 6.30. The lowest BCUT2D eigenvalue weighted by atomic mass is 9.69. The lowest BCUT2D eigenvalue weighted by Crippen LogP contribution is -2.44. The van der Waals surface area contributed by atoms with E-state index in [1.807, 2.05) is 12.1 Å². The van der Waals surface area contributed by atoms with Crippen LogP contribution in [-0.4, -0.2) is 18.4 Å². The molecule has 4 heteroatoms. The van der Waals surface area contributed by atoms with Gasteiger partial charge in [0.05, 0.1) is 6.61 Å². The molecule has 20 heavy (non-hydrogen) atoms. The number of halogens is 1. The Morgan fingerprint density at radius 3 is 2.60 bits per heavy atom. The zero-order chi connectivity index (χ0) is 14.6. The van der Waals surface area contributed by atoms with Gasteiger partial charge in [0, 0.05) is 11.4 Å². The minimum absolute atomic E-state index is 0.0113. The summed E-state index contributed by atoms with van der Waals surface area (Å²) in [5, 5.41) is 0.647. The maximum Gasteiger partial charge on any atom is 0.319 e. The van der Waals surface area contributed by atoms with E-state index in [0.717, 1.165) is 18.4 Å². The van der Waals surface area contributed by atoms with Gasteiger partial charge >= 0.3 is 5.97 Å². The van der Waals surface area contributed by atoms with E-state index in [9.17, 15) is 9.59 Å². The molecule has 1 unspecified atom stereocenters. The first-order chi connectivity index (χ1) is 9.58. The Kier molecular flexibility index (Phi) is 4.81. The van der Waals surface area contributed by atoms with Crippen molar-refractivity contribution >= 4 is 23.4 Å². The number of ketones is 1. The van der Waals surface area contributed by atoms with E-state index in [1.54, 1.807) is 19.1 Å². The first-order valence-corrected chi connectivity index (χ1v) is 7.41. The molecule has 3 nitrogen and oxygen atoms in total. The molecule has 1 fully saturated rings. The average Bonchev–Trinajstić information content (AvgIpc) is 2.44. The van der Waals surface area contributed by atoms with Crippen LogP contribution in [0.5, 0.6) is 0 Å². The summed E-state index contributed by atoms with van der Waals surface area (Å²) in [6, 6.07) is 7.29. The molecule has 1 aromatic rings. The van der Waals surface area contributed by atoms with Crippen molar-refractivity contribution in [2.75, 3.05) is 6.61 Å². The van der Waals surface area contributed by atoms with Crippen LogP contribution in [0.4, 0.5) is 0 Å². The summed E-state index contributed by atoms with van der Waals surface area (Å²) in [6.45, 7) is 2.07. The van der Waals surface area contributed by atoms with Gasteiger partial charge in [-0.05, 0) is 43.9 Å². The maximum atomic E-state index is 12.4. The third-order valence-electron chi connectivity index (χ3n) is 3.88. The lowest BCUT2D eigenvalue weighted by Gasteiger charge is -2.33. The Balaban J connectivity index is 2.28. The first-order valence-electron chi connectivity index (χ1n) is 7.03. The van der Waals surface area contributed by atoms with E-state index in [4.69, 9.17) is 16.3 Å². The molecule has 0 N–H and O–H groups in total. The molecule has 1 aliphatic carbocycles. The molecular weight excluding hydrogens is 276 g/mol. The van der Waals surface area contributed by atoms with E-state index in [-0.39, 0.29) is 11.8 Å². The summed E-state index contributed by atoms with van der Waals surface area (Å²) in [6.07, 6.45) is 3.19. The van der Waals surface area contributed by atoms with Gasteiger partial charge in [0.2, 0.25) is 0 Å². The van der Waals surface area contributed by atoms with Gasteiger partial charge in [0.25, 0.3) is 0 Å². The normalized spacial score (nSPS) is 22.6. The summed E-state index contributed by atoms with van der Waals surface area (Å²) in [7, 11) is 0. The number of rotatable bonds is 4. The third-order valence-corrected chi connectivity index (χ3v) is 4.13. The third kappa shape index (κ3) is 3.04. The molecule has 0 radical (unpaired) electrons. The Labute approximate surface area is 124 Å². The number of carbonyl (C=O) groups excluding carboxylic acids is 2. The van der Waals surface area contributed by atoms with Crippen LogP contribution in [0.2, 0.25) is 5.02 Å². The SMILES string of the molecule is CCOC(=O)C1(Cc2ccc(Cl)cc2)CCCCC1=O. The molecule has 0 heterocycles. The van der Waals surface area contributed by atoms with Crippen LogP contribution in [-0.2, 0) is 20.7 Å². The molecule has 1 aliphatic rings. The molecule has 108 valence electrons. The molecular formula is C16H19ClO3. The summed E-state index contributed by atoms with van der Waals surface area (Å²) < 4.78 is 5.17. The number of esters is 1.